The number of rotatable bonds is 2. The van der Waals surface area contributed by atoms with E-state index in [2.05, 4.69) is 15.1 Å². The molecule has 1 aromatic carbocycles. The van der Waals surface area contributed by atoms with Crippen LogP contribution in [0.3, 0.4) is 0 Å². The van der Waals surface area contributed by atoms with E-state index in [1.54, 1.807) is 17.2 Å². The van der Waals surface area contributed by atoms with Gasteiger partial charge in [0.2, 0.25) is 0 Å². The van der Waals surface area contributed by atoms with Gasteiger partial charge >= 0.3 is 0 Å². The molecule has 0 amide bonds. The molecule has 2 heterocycles. The lowest BCUT2D eigenvalue weighted by Crippen LogP contribution is -2.11. The summed E-state index contributed by atoms with van der Waals surface area (Å²) in [5.41, 5.74) is 1.70. The van der Waals surface area contributed by atoms with Crippen LogP contribution in [0, 0.1) is 0 Å². The molecule has 0 fully saturated rings. The van der Waals surface area contributed by atoms with Gasteiger partial charge < -0.3 is 4.90 Å². The molecule has 0 aliphatic rings. The van der Waals surface area contributed by atoms with Gasteiger partial charge in [-0.15, -0.1) is 0 Å². The number of aromatic nitrogens is 4. The van der Waals surface area contributed by atoms with Gasteiger partial charge in [0.25, 0.3) is 0 Å². The third kappa shape index (κ3) is 2.02. The first-order chi connectivity index (χ1) is 9.16. The van der Waals surface area contributed by atoms with Crippen LogP contribution in [0.1, 0.15) is 0 Å². The Morgan fingerprint density at radius 2 is 1.84 bits per heavy atom. The van der Waals surface area contributed by atoms with Crippen LogP contribution in [0.5, 0.6) is 0 Å². The van der Waals surface area contributed by atoms with E-state index in [0.29, 0.717) is 5.02 Å². The lowest BCUT2D eigenvalue weighted by Gasteiger charge is -2.11. The normalized spacial score (nSPS) is 10.9. The van der Waals surface area contributed by atoms with Crippen molar-refractivity contribution in [3.05, 3.63) is 41.8 Å². The maximum absolute atomic E-state index is 5.90. The van der Waals surface area contributed by atoms with Crippen molar-refractivity contribution >= 4 is 28.5 Å². The highest BCUT2D eigenvalue weighted by Crippen LogP contribution is 2.23. The minimum absolute atomic E-state index is 0.698. The van der Waals surface area contributed by atoms with Crippen molar-refractivity contribution in [2.24, 2.45) is 0 Å². The first-order valence-corrected chi connectivity index (χ1v) is 6.16. The first-order valence-electron chi connectivity index (χ1n) is 5.79. The van der Waals surface area contributed by atoms with E-state index in [-0.39, 0.29) is 0 Å². The highest BCUT2D eigenvalue weighted by atomic mass is 35.5. The zero-order valence-corrected chi connectivity index (χ0v) is 11.3. The summed E-state index contributed by atoms with van der Waals surface area (Å²) in [5.74, 6) is 0.852. The minimum atomic E-state index is 0.698. The van der Waals surface area contributed by atoms with Gasteiger partial charge in [-0.1, -0.05) is 11.6 Å². The van der Waals surface area contributed by atoms with Crippen LogP contribution in [0.4, 0.5) is 5.82 Å². The third-order valence-corrected chi connectivity index (χ3v) is 3.09. The predicted octanol–water partition coefficient (Wildman–Crippen LogP) is 2.53. The summed E-state index contributed by atoms with van der Waals surface area (Å²) >= 11 is 5.90. The predicted molar refractivity (Wildman–Crippen MR) is 76.0 cm³/mol. The van der Waals surface area contributed by atoms with Crippen molar-refractivity contribution in [3.8, 4) is 5.69 Å². The molecule has 0 aliphatic heterocycles. The molecule has 19 heavy (non-hydrogen) atoms. The molecular formula is C13H12ClN5. The second-order valence-electron chi connectivity index (χ2n) is 4.36. The molecule has 0 atom stereocenters. The Labute approximate surface area is 115 Å². The van der Waals surface area contributed by atoms with E-state index >= 15 is 0 Å². The number of nitrogens with zero attached hydrogens (tertiary/aromatic N) is 5. The Morgan fingerprint density at radius 3 is 2.53 bits per heavy atom. The summed E-state index contributed by atoms with van der Waals surface area (Å²) in [6.07, 6.45) is 3.32. The monoisotopic (exact) mass is 273 g/mol. The summed E-state index contributed by atoms with van der Waals surface area (Å²) in [7, 11) is 3.89. The largest absolute Gasteiger partial charge is 0.362 e. The second kappa shape index (κ2) is 4.51. The lowest BCUT2D eigenvalue weighted by molar-refractivity contribution is 0.894. The van der Waals surface area contributed by atoms with Gasteiger partial charge in [-0.2, -0.15) is 5.10 Å². The Kier molecular flexibility index (Phi) is 2.83. The van der Waals surface area contributed by atoms with Crippen molar-refractivity contribution in [2.75, 3.05) is 19.0 Å². The molecule has 0 unspecified atom stereocenters. The van der Waals surface area contributed by atoms with E-state index in [9.17, 15) is 0 Å². The molecule has 0 saturated carbocycles. The molecule has 0 radical (unpaired) electrons. The average molecular weight is 274 g/mol. The Hall–Kier alpha value is -2.14. The molecule has 5 nitrogen and oxygen atoms in total. The fourth-order valence-electron chi connectivity index (χ4n) is 1.96. The van der Waals surface area contributed by atoms with Gasteiger partial charge in [0.15, 0.2) is 5.65 Å². The van der Waals surface area contributed by atoms with Gasteiger partial charge in [-0.3, -0.25) is 0 Å². The van der Waals surface area contributed by atoms with Gasteiger partial charge in [-0.05, 0) is 24.3 Å². The van der Waals surface area contributed by atoms with E-state index in [4.69, 9.17) is 11.6 Å². The SMILES string of the molecule is CN(C)c1ncnc2c1cnn2-c1ccc(Cl)cc1. The summed E-state index contributed by atoms with van der Waals surface area (Å²) in [6.45, 7) is 0. The topological polar surface area (TPSA) is 46.8 Å². The lowest BCUT2D eigenvalue weighted by atomic mass is 10.3. The van der Waals surface area contributed by atoms with Crippen molar-refractivity contribution in [1.82, 2.24) is 19.7 Å². The summed E-state index contributed by atoms with van der Waals surface area (Å²) in [6, 6.07) is 7.48. The quantitative estimate of drug-likeness (QED) is 0.720. The molecule has 0 aliphatic carbocycles. The standard InChI is InChI=1S/C13H12ClN5/c1-18(2)12-11-7-17-19(13(11)16-8-15-12)10-5-3-9(14)4-6-10/h3-8H,1-2H3. The molecular weight excluding hydrogens is 262 g/mol. The molecule has 0 spiro atoms. The van der Waals surface area contributed by atoms with Gasteiger partial charge in [-0.25, -0.2) is 14.6 Å². The molecule has 96 valence electrons. The summed E-state index contributed by atoms with van der Waals surface area (Å²) < 4.78 is 1.78. The molecule has 3 aromatic rings. The van der Waals surface area contributed by atoms with Gasteiger partial charge in [0.05, 0.1) is 17.3 Å². The summed E-state index contributed by atoms with van der Waals surface area (Å²) in [5, 5.41) is 6.00. The number of hydrogen-bond acceptors (Lipinski definition) is 4. The number of halogens is 1. The molecule has 6 heteroatoms. The zero-order valence-electron chi connectivity index (χ0n) is 10.6. The van der Waals surface area contributed by atoms with Crippen LogP contribution in [0.25, 0.3) is 16.7 Å². The maximum atomic E-state index is 5.90. The molecule has 0 bridgehead atoms. The van der Waals surface area contributed by atoms with E-state index in [1.807, 2.05) is 43.3 Å². The molecule has 0 N–H and O–H groups in total. The zero-order chi connectivity index (χ0) is 13.4. The fraction of sp³-hybridized carbons (Fsp3) is 0.154. The highest BCUT2D eigenvalue weighted by molar-refractivity contribution is 6.30. The minimum Gasteiger partial charge on any atom is -0.362 e. The van der Waals surface area contributed by atoms with Crippen LogP contribution in [0.15, 0.2) is 36.8 Å². The maximum Gasteiger partial charge on any atom is 0.168 e. The Balaban J connectivity index is 2.21. The van der Waals surface area contributed by atoms with Crippen molar-refractivity contribution in [1.29, 1.82) is 0 Å². The van der Waals surface area contributed by atoms with E-state index in [1.165, 1.54) is 0 Å². The van der Waals surface area contributed by atoms with Crippen LogP contribution < -0.4 is 4.90 Å². The molecule has 0 saturated heterocycles. The fourth-order valence-corrected chi connectivity index (χ4v) is 2.09. The number of benzene rings is 1. The highest BCUT2D eigenvalue weighted by Gasteiger charge is 2.11. The molecule has 2 aromatic heterocycles. The number of anilines is 1. The van der Waals surface area contributed by atoms with E-state index in [0.717, 1.165) is 22.5 Å². The van der Waals surface area contributed by atoms with Crippen LogP contribution in [0.2, 0.25) is 5.02 Å². The Morgan fingerprint density at radius 1 is 1.11 bits per heavy atom. The van der Waals surface area contributed by atoms with Crippen molar-refractivity contribution < 1.29 is 0 Å². The van der Waals surface area contributed by atoms with Crippen molar-refractivity contribution in [2.45, 2.75) is 0 Å². The number of fused-ring (bicyclic) bond motifs is 1. The summed E-state index contributed by atoms with van der Waals surface area (Å²) in [4.78, 5) is 10.5. The third-order valence-electron chi connectivity index (χ3n) is 2.84. The van der Waals surface area contributed by atoms with Crippen LogP contribution in [-0.2, 0) is 0 Å². The molecule has 3 rings (SSSR count). The van der Waals surface area contributed by atoms with E-state index < -0.39 is 0 Å². The second-order valence-corrected chi connectivity index (χ2v) is 4.80. The van der Waals surface area contributed by atoms with Gasteiger partial charge in [0, 0.05) is 19.1 Å². The number of hydrogen-bond donors (Lipinski definition) is 0. The first kappa shape index (κ1) is 11.9. The average Bonchev–Trinajstić information content (AvgIpc) is 2.83. The smallest absolute Gasteiger partial charge is 0.168 e. The van der Waals surface area contributed by atoms with Crippen LogP contribution >= 0.6 is 11.6 Å². The van der Waals surface area contributed by atoms with Gasteiger partial charge in [0.1, 0.15) is 12.1 Å². The Bertz CT molecular complexity index is 717. The van der Waals surface area contributed by atoms with Crippen LogP contribution in [-0.4, -0.2) is 33.8 Å². The van der Waals surface area contributed by atoms with Crippen molar-refractivity contribution in [3.63, 3.8) is 0 Å².